The molecule has 1 aromatic heterocycles. The highest BCUT2D eigenvalue weighted by Gasteiger charge is 2.05. The minimum absolute atomic E-state index is 0.496. The molecule has 14 heavy (non-hydrogen) atoms. The molecule has 0 unspecified atom stereocenters. The molecule has 1 heterocycles. The van der Waals surface area contributed by atoms with Gasteiger partial charge in [0.25, 0.3) is 0 Å². The quantitative estimate of drug-likeness (QED) is 0.684. The molecule has 2 nitrogen and oxygen atoms in total. The summed E-state index contributed by atoms with van der Waals surface area (Å²) in [6.07, 6.45) is 1.86. The summed E-state index contributed by atoms with van der Waals surface area (Å²) in [4.78, 5) is 0. The Labute approximate surface area is 84.0 Å². The topological polar surface area (TPSA) is 25.8 Å². The zero-order chi connectivity index (χ0) is 10.1. The third-order valence-corrected chi connectivity index (χ3v) is 2.45. The van der Waals surface area contributed by atoms with E-state index in [4.69, 9.17) is 0 Å². The highest BCUT2D eigenvalue weighted by atomic mass is 15.1. The summed E-state index contributed by atoms with van der Waals surface area (Å²) in [6, 6.07) is 6.33. The summed E-state index contributed by atoms with van der Waals surface area (Å²) in [5.41, 5.74) is 3.50. The first kappa shape index (κ1) is 9.13. The van der Waals surface area contributed by atoms with Crippen LogP contribution in [0, 0.1) is 6.92 Å². The fourth-order valence-corrected chi connectivity index (χ4v) is 1.65. The minimum Gasteiger partial charge on any atom is -0.158 e. The Hall–Kier alpha value is -1.44. The number of aromatic nitrogens is 2. The average Bonchev–Trinajstić information content (AvgIpc) is 2.16. The number of hydrogen-bond acceptors (Lipinski definition) is 2. The molecule has 2 aromatic rings. The van der Waals surface area contributed by atoms with Crippen LogP contribution in [0.1, 0.15) is 30.9 Å². The Morgan fingerprint density at radius 3 is 2.71 bits per heavy atom. The molecule has 0 amide bonds. The Morgan fingerprint density at radius 1 is 1.21 bits per heavy atom. The number of benzene rings is 1. The van der Waals surface area contributed by atoms with Gasteiger partial charge < -0.3 is 0 Å². The lowest BCUT2D eigenvalue weighted by Crippen LogP contribution is -1.94. The summed E-state index contributed by atoms with van der Waals surface area (Å²) in [6.45, 7) is 6.43. The van der Waals surface area contributed by atoms with Gasteiger partial charge in [-0.05, 0) is 30.0 Å². The van der Waals surface area contributed by atoms with Crippen LogP contribution in [0.15, 0.2) is 24.4 Å². The van der Waals surface area contributed by atoms with E-state index in [0.29, 0.717) is 5.92 Å². The molecule has 0 N–H and O–H groups in total. The molecule has 0 bridgehead atoms. The normalized spacial score (nSPS) is 11.1. The van der Waals surface area contributed by atoms with Crippen LogP contribution in [0.3, 0.4) is 0 Å². The van der Waals surface area contributed by atoms with Crippen LogP contribution < -0.4 is 0 Å². The van der Waals surface area contributed by atoms with Gasteiger partial charge in [-0.1, -0.05) is 26.0 Å². The molecule has 0 saturated carbocycles. The highest BCUT2D eigenvalue weighted by Crippen LogP contribution is 2.23. The van der Waals surface area contributed by atoms with Crippen molar-refractivity contribution in [3.8, 4) is 0 Å². The fourth-order valence-electron chi connectivity index (χ4n) is 1.65. The monoisotopic (exact) mass is 186 g/mol. The molecule has 2 heteroatoms. The van der Waals surface area contributed by atoms with E-state index in [1.165, 1.54) is 16.5 Å². The van der Waals surface area contributed by atoms with Crippen molar-refractivity contribution in [2.45, 2.75) is 26.7 Å². The lowest BCUT2D eigenvalue weighted by atomic mass is 10.00. The number of fused-ring (bicyclic) bond motifs is 1. The van der Waals surface area contributed by atoms with Gasteiger partial charge >= 0.3 is 0 Å². The molecule has 2 rings (SSSR count). The largest absolute Gasteiger partial charge is 0.158 e. The van der Waals surface area contributed by atoms with Crippen molar-refractivity contribution >= 4 is 10.9 Å². The highest BCUT2D eigenvalue weighted by molar-refractivity contribution is 5.82. The predicted molar refractivity (Wildman–Crippen MR) is 58.4 cm³/mol. The van der Waals surface area contributed by atoms with Gasteiger partial charge in [-0.15, -0.1) is 0 Å². The zero-order valence-corrected chi connectivity index (χ0v) is 8.78. The molecule has 0 aliphatic rings. The summed E-state index contributed by atoms with van der Waals surface area (Å²) in [5.74, 6) is 0.496. The summed E-state index contributed by atoms with van der Waals surface area (Å²) < 4.78 is 0. The van der Waals surface area contributed by atoms with E-state index in [-0.39, 0.29) is 0 Å². The van der Waals surface area contributed by atoms with Crippen molar-refractivity contribution in [3.05, 3.63) is 35.5 Å². The van der Waals surface area contributed by atoms with Gasteiger partial charge in [0.1, 0.15) is 0 Å². The van der Waals surface area contributed by atoms with E-state index < -0.39 is 0 Å². The average molecular weight is 186 g/mol. The lowest BCUT2D eigenvalue weighted by Gasteiger charge is -2.08. The molecule has 72 valence electrons. The van der Waals surface area contributed by atoms with Crippen molar-refractivity contribution in [1.82, 2.24) is 10.2 Å². The summed E-state index contributed by atoms with van der Waals surface area (Å²) in [5, 5.41) is 9.38. The van der Waals surface area contributed by atoms with Crippen molar-refractivity contribution < 1.29 is 0 Å². The van der Waals surface area contributed by atoms with E-state index in [1.54, 1.807) is 0 Å². The second-order valence-corrected chi connectivity index (χ2v) is 3.98. The first-order valence-electron chi connectivity index (χ1n) is 4.90. The van der Waals surface area contributed by atoms with Crippen LogP contribution in [0.5, 0.6) is 0 Å². The molecule has 0 spiro atoms. The van der Waals surface area contributed by atoms with E-state index >= 15 is 0 Å². The number of aryl methyl sites for hydroxylation is 1. The van der Waals surface area contributed by atoms with Crippen molar-refractivity contribution in [2.75, 3.05) is 0 Å². The Balaban J connectivity index is 2.75. The molecule has 1 aromatic carbocycles. The predicted octanol–water partition coefficient (Wildman–Crippen LogP) is 3.06. The van der Waals surface area contributed by atoms with Crippen LogP contribution >= 0.6 is 0 Å². The Morgan fingerprint density at radius 2 is 2.00 bits per heavy atom. The van der Waals surface area contributed by atoms with E-state index in [1.807, 2.05) is 6.20 Å². The van der Waals surface area contributed by atoms with Gasteiger partial charge in [0.05, 0.1) is 11.7 Å². The van der Waals surface area contributed by atoms with Gasteiger partial charge in [-0.3, -0.25) is 0 Å². The van der Waals surface area contributed by atoms with Gasteiger partial charge in [0.2, 0.25) is 0 Å². The van der Waals surface area contributed by atoms with Crippen LogP contribution in [-0.2, 0) is 0 Å². The number of rotatable bonds is 1. The second-order valence-electron chi connectivity index (χ2n) is 3.98. The van der Waals surface area contributed by atoms with E-state index in [9.17, 15) is 0 Å². The molecule has 0 fully saturated rings. The van der Waals surface area contributed by atoms with Crippen LogP contribution in [0.25, 0.3) is 10.9 Å². The molecule has 0 atom stereocenters. The fraction of sp³-hybridized carbons (Fsp3) is 0.333. The van der Waals surface area contributed by atoms with Crippen molar-refractivity contribution in [3.63, 3.8) is 0 Å². The van der Waals surface area contributed by atoms with Crippen LogP contribution in [0.4, 0.5) is 0 Å². The maximum atomic E-state index is 4.14. The number of nitrogens with zero attached hydrogens (tertiary/aromatic N) is 2. The molecular formula is C12H14N2. The zero-order valence-electron chi connectivity index (χ0n) is 8.78. The van der Waals surface area contributed by atoms with Gasteiger partial charge in [-0.25, -0.2) is 0 Å². The smallest absolute Gasteiger partial charge is 0.0935 e. The third kappa shape index (κ3) is 1.48. The van der Waals surface area contributed by atoms with Crippen molar-refractivity contribution in [1.29, 1.82) is 0 Å². The van der Waals surface area contributed by atoms with E-state index in [0.717, 1.165) is 5.52 Å². The summed E-state index contributed by atoms with van der Waals surface area (Å²) in [7, 11) is 0. The Bertz CT molecular complexity index is 461. The SMILES string of the molecule is Cc1ccc2c(C(C)C)cnnc2c1. The maximum Gasteiger partial charge on any atom is 0.0935 e. The molecule has 0 saturated heterocycles. The lowest BCUT2D eigenvalue weighted by molar-refractivity contribution is 0.857. The van der Waals surface area contributed by atoms with Crippen LogP contribution in [0.2, 0.25) is 0 Å². The van der Waals surface area contributed by atoms with Gasteiger partial charge in [-0.2, -0.15) is 10.2 Å². The maximum absolute atomic E-state index is 4.14. The molecule has 0 radical (unpaired) electrons. The summed E-state index contributed by atoms with van der Waals surface area (Å²) >= 11 is 0. The third-order valence-electron chi connectivity index (χ3n) is 2.45. The Kier molecular flexibility index (Phi) is 2.20. The molecule has 0 aliphatic heterocycles. The first-order chi connectivity index (χ1) is 6.68. The van der Waals surface area contributed by atoms with E-state index in [2.05, 4.69) is 49.2 Å². The van der Waals surface area contributed by atoms with Crippen molar-refractivity contribution in [2.24, 2.45) is 0 Å². The molecule has 0 aliphatic carbocycles. The van der Waals surface area contributed by atoms with Crippen LogP contribution in [-0.4, -0.2) is 10.2 Å². The molecular weight excluding hydrogens is 172 g/mol. The number of hydrogen-bond donors (Lipinski definition) is 0. The van der Waals surface area contributed by atoms with Gasteiger partial charge in [0.15, 0.2) is 0 Å². The van der Waals surface area contributed by atoms with Gasteiger partial charge in [0, 0.05) is 5.39 Å². The second kappa shape index (κ2) is 3.37. The minimum atomic E-state index is 0.496. The standard InChI is InChI=1S/C12H14N2/c1-8(2)11-7-13-14-12-6-9(3)4-5-10(11)12/h4-8H,1-3H3. The first-order valence-corrected chi connectivity index (χ1v) is 4.90.